The number of hydrogen-bond donors (Lipinski definition) is 1. The molecule has 0 saturated heterocycles. The lowest BCUT2D eigenvalue weighted by molar-refractivity contribution is 0.0924. The molecule has 0 radical (unpaired) electrons. The van der Waals surface area contributed by atoms with Gasteiger partial charge < -0.3 is 9.84 Å². The van der Waals surface area contributed by atoms with E-state index < -0.39 is 0 Å². The summed E-state index contributed by atoms with van der Waals surface area (Å²) in [5, 5.41) is 9.31. The van der Waals surface area contributed by atoms with Crippen LogP contribution in [0.1, 0.15) is 45.1 Å². The molecule has 1 fully saturated rings. The van der Waals surface area contributed by atoms with E-state index in [1.807, 2.05) is 6.07 Å². The second kappa shape index (κ2) is 5.57. The smallest absolute Gasteiger partial charge is 0.219 e. The summed E-state index contributed by atoms with van der Waals surface area (Å²) in [5.41, 5.74) is 1.18. The lowest BCUT2D eigenvalue weighted by atomic mass is 9.76. The van der Waals surface area contributed by atoms with Gasteiger partial charge in [0.1, 0.15) is 6.10 Å². The zero-order chi connectivity index (χ0) is 13.2. The zero-order valence-corrected chi connectivity index (χ0v) is 12.5. The summed E-state index contributed by atoms with van der Waals surface area (Å²) in [6.07, 6.45) is 6.44. The van der Waals surface area contributed by atoms with Crippen LogP contribution in [-0.2, 0) is 6.61 Å². The average molecular weight is 314 g/mol. The Morgan fingerprint density at radius 1 is 1.44 bits per heavy atom. The van der Waals surface area contributed by atoms with E-state index in [2.05, 4.69) is 34.8 Å². The maximum absolute atomic E-state index is 9.31. The van der Waals surface area contributed by atoms with Crippen molar-refractivity contribution in [1.82, 2.24) is 4.98 Å². The molecule has 0 bridgehead atoms. The molecule has 1 heterocycles. The molecule has 18 heavy (non-hydrogen) atoms. The van der Waals surface area contributed by atoms with Crippen LogP contribution in [0.5, 0.6) is 5.88 Å². The summed E-state index contributed by atoms with van der Waals surface area (Å²) >= 11 is 3.35. The fourth-order valence-corrected chi connectivity index (χ4v) is 2.72. The highest BCUT2D eigenvalue weighted by atomic mass is 79.9. The van der Waals surface area contributed by atoms with Gasteiger partial charge in [0, 0.05) is 16.2 Å². The fraction of sp³-hybridized carbons (Fsp3) is 0.643. The molecule has 1 saturated carbocycles. The Morgan fingerprint density at radius 3 is 2.72 bits per heavy atom. The Labute approximate surface area is 117 Å². The lowest BCUT2D eigenvalue weighted by Gasteiger charge is -2.34. The van der Waals surface area contributed by atoms with Gasteiger partial charge in [-0.1, -0.05) is 13.8 Å². The molecule has 1 aliphatic rings. The normalized spacial score (nSPS) is 19.8. The van der Waals surface area contributed by atoms with Crippen LogP contribution in [0.15, 0.2) is 16.7 Å². The zero-order valence-electron chi connectivity index (χ0n) is 10.9. The number of rotatable bonds is 3. The van der Waals surface area contributed by atoms with Gasteiger partial charge in [-0.2, -0.15) is 0 Å². The Morgan fingerprint density at radius 2 is 2.11 bits per heavy atom. The number of aromatic nitrogens is 1. The molecule has 2 rings (SSSR count). The summed E-state index contributed by atoms with van der Waals surface area (Å²) in [5.74, 6) is 0.574. The Hall–Kier alpha value is -0.610. The van der Waals surface area contributed by atoms with Gasteiger partial charge in [0.2, 0.25) is 5.88 Å². The van der Waals surface area contributed by atoms with Gasteiger partial charge in [-0.25, -0.2) is 4.98 Å². The standard InChI is InChI=1S/C14H20BrNO2/c1-14(2)5-3-12(4-6-14)18-13-10(9-17)7-11(15)8-16-13/h7-8,12,17H,3-6,9H2,1-2H3. The van der Waals surface area contributed by atoms with Gasteiger partial charge in [0.05, 0.1) is 6.61 Å². The number of nitrogens with zero attached hydrogens (tertiary/aromatic N) is 1. The van der Waals surface area contributed by atoms with Crippen LogP contribution in [0.25, 0.3) is 0 Å². The SMILES string of the molecule is CC1(C)CCC(Oc2ncc(Br)cc2CO)CC1. The average Bonchev–Trinajstić information content (AvgIpc) is 2.34. The van der Waals surface area contributed by atoms with Crippen LogP contribution < -0.4 is 4.74 Å². The highest BCUT2D eigenvalue weighted by Crippen LogP contribution is 2.36. The second-order valence-corrected chi connectivity index (χ2v) is 6.67. The van der Waals surface area contributed by atoms with Gasteiger partial charge in [0.15, 0.2) is 0 Å². The molecule has 1 N–H and O–H groups in total. The molecule has 0 aliphatic heterocycles. The third kappa shape index (κ3) is 3.45. The van der Waals surface area contributed by atoms with Crippen LogP contribution in [0.3, 0.4) is 0 Å². The fourth-order valence-electron chi connectivity index (χ4n) is 2.34. The van der Waals surface area contributed by atoms with E-state index in [-0.39, 0.29) is 12.7 Å². The van der Waals surface area contributed by atoms with Crippen molar-refractivity contribution in [2.24, 2.45) is 5.41 Å². The summed E-state index contributed by atoms with van der Waals surface area (Å²) in [7, 11) is 0. The molecule has 0 unspecified atom stereocenters. The monoisotopic (exact) mass is 313 g/mol. The molecular weight excluding hydrogens is 294 g/mol. The molecule has 1 aliphatic carbocycles. The molecule has 100 valence electrons. The maximum Gasteiger partial charge on any atom is 0.219 e. The summed E-state index contributed by atoms with van der Waals surface area (Å²) in [4.78, 5) is 4.25. The molecular formula is C14H20BrNO2. The number of halogens is 1. The number of ether oxygens (including phenoxy) is 1. The van der Waals surface area contributed by atoms with E-state index in [0.717, 1.165) is 22.9 Å². The lowest BCUT2D eigenvalue weighted by Crippen LogP contribution is -2.28. The first kappa shape index (κ1) is 13.8. The van der Waals surface area contributed by atoms with E-state index >= 15 is 0 Å². The Kier molecular flexibility index (Phi) is 4.28. The van der Waals surface area contributed by atoms with Gasteiger partial charge >= 0.3 is 0 Å². The van der Waals surface area contributed by atoms with Crippen LogP contribution in [-0.4, -0.2) is 16.2 Å². The van der Waals surface area contributed by atoms with Crippen molar-refractivity contribution in [1.29, 1.82) is 0 Å². The second-order valence-electron chi connectivity index (χ2n) is 5.76. The largest absolute Gasteiger partial charge is 0.474 e. The highest BCUT2D eigenvalue weighted by Gasteiger charge is 2.28. The molecule has 1 aromatic heterocycles. The van der Waals surface area contributed by atoms with Gasteiger partial charge in [-0.05, 0) is 53.1 Å². The van der Waals surface area contributed by atoms with E-state index in [1.54, 1.807) is 6.20 Å². The van der Waals surface area contributed by atoms with Crippen molar-refractivity contribution in [3.63, 3.8) is 0 Å². The molecule has 0 amide bonds. The van der Waals surface area contributed by atoms with Crippen molar-refractivity contribution < 1.29 is 9.84 Å². The first-order chi connectivity index (χ1) is 8.50. The first-order valence-electron chi connectivity index (χ1n) is 6.42. The summed E-state index contributed by atoms with van der Waals surface area (Å²) in [6.45, 7) is 4.57. The van der Waals surface area contributed by atoms with Crippen molar-refractivity contribution in [3.05, 3.63) is 22.3 Å². The molecule has 3 nitrogen and oxygen atoms in total. The first-order valence-corrected chi connectivity index (χ1v) is 7.21. The number of hydrogen-bond acceptors (Lipinski definition) is 3. The van der Waals surface area contributed by atoms with Crippen LogP contribution in [0.2, 0.25) is 0 Å². The topological polar surface area (TPSA) is 42.4 Å². The van der Waals surface area contributed by atoms with E-state index in [9.17, 15) is 5.11 Å². The minimum atomic E-state index is -0.0417. The van der Waals surface area contributed by atoms with E-state index in [4.69, 9.17) is 4.74 Å². The van der Waals surface area contributed by atoms with Crippen LogP contribution in [0.4, 0.5) is 0 Å². The van der Waals surface area contributed by atoms with Crippen molar-refractivity contribution >= 4 is 15.9 Å². The number of pyridine rings is 1. The maximum atomic E-state index is 9.31. The molecule has 1 aromatic rings. The van der Waals surface area contributed by atoms with E-state index in [0.29, 0.717) is 11.3 Å². The van der Waals surface area contributed by atoms with Crippen LogP contribution in [0, 0.1) is 5.41 Å². The van der Waals surface area contributed by atoms with Gasteiger partial charge in [-0.15, -0.1) is 0 Å². The van der Waals surface area contributed by atoms with Gasteiger partial charge in [-0.3, -0.25) is 0 Å². The molecule has 0 atom stereocenters. The minimum absolute atomic E-state index is 0.0417. The van der Waals surface area contributed by atoms with Crippen molar-refractivity contribution in [3.8, 4) is 5.88 Å². The Balaban J connectivity index is 2.02. The minimum Gasteiger partial charge on any atom is -0.474 e. The Bertz CT molecular complexity index is 410. The van der Waals surface area contributed by atoms with Gasteiger partial charge in [0.25, 0.3) is 0 Å². The van der Waals surface area contributed by atoms with Crippen LogP contribution >= 0.6 is 15.9 Å². The van der Waals surface area contributed by atoms with Crippen molar-refractivity contribution in [2.75, 3.05) is 0 Å². The number of aliphatic hydroxyl groups excluding tert-OH is 1. The highest BCUT2D eigenvalue weighted by molar-refractivity contribution is 9.10. The molecule has 0 aromatic carbocycles. The number of aliphatic hydroxyl groups is 1. The van der Waals surface area contributed by atoms with Crippen molar-refractivity contribution in [2.45, 2.75) is 52.2 Å². The van der Waals surface area contributed by atoms with E-state index in [1.165, 1.54) is 12.8 Å². The summed E-state index contributed by atoms with van der Waals surface area (Å²) in [6, 6.07) is 1.86. The quantitative estimate of drug-likeness (QED) is 0.925. The summed E-state index contributed by atoms with van der Waals surface area (Å²) < 4.78 is 6.80. The molecule has 4 heteroatoms. The molecule has 0 spiro atoms. The predicted molar refractivity (Wildman–Crippen MR) is 74.5 cm³/mol. The third-order valence-electron chi connectivity index (χ3n) is 3.63. The predicted octanol–water partition coefficient (Wildman–Crippen LogP) is 3.68. The third-order valence-corrected chi connectivity index (χ3v) is 4.06.